The lowest BCUT2D eigenvalue weighted by Crippen LogP contribution is -2.05. The molecule has 6 heteroatoms. The molecule has 0 bridgehead atoms. The van der Waals surface area contributed by atoms with Gasteiger partial charge in [-0.15, -0.1) is 0 Å². The molecule has 1 atom stereocenters. The molecule has 0 heterocycles. The standard InChI is InChI=1S/C14H11BrClNO3/c15-10-5-6-12(16)11(8-10)14(18)7-9-3-1-2-4-13(9)17(19)20/h1-6,8,14,18H,7H2. The van der Waals surface area contributed by atoms with E-state index < -0.39 is 11.0 Å². The summed E-state index contributed by atoms with van der Waals surface area (Å²) < 4.78 is 0.790. The molecule has 0 aliphatic heterocycles. The number of rotatable bonds is 4. The number of para-hydroxylation sites is 1. The van der Waals surface area contributed by atoms with Crippen molar-refractivity contribution in [2.75, 3.05) is 0 Å². The summed E-state index contributed by atoms with van der Waals surface area (Å²) in [5, 5.41) is 21.6. The molecule has 1 N–H and O–H groups in total. The molecule has 0 spiro atoms. The maximum atomic E-state index is 11.0. The minimum absolute atomic E-state index is 0.00216. The highest BCUT2D eigenvalue weighted by atomic mass is 79.9. The highest BCUT2D eigenvalue weighted by Crippen LogP contribution is 2.30. The molecule has 0 amide bonds. The van der Waals surface area contributed by atoms with E-state index in [1.807, 2.05) is 0 Å². The number of halogens is 2. The van der Waals surface area contributed by atoms with Crippen LogP contribution in [0.2, 0.25) is 5.02 Å². The molecule has 0 aliphatic carbocycles. The quantitative estimate of drug-likeness (QED) is 0.656. The van der Waals surface area contributed by atoms with Crippen LogP contribution < -0.4 is 0 Å². The maximum absolute atomic E-state index is 11.0. The van der Waals surface area contributed by atoms with Crippen molar-refractivity contribution in [1.29, 1.82) is 0 Å². The van der Waals surface area contributed by atoms with Gasteiger partial charge >= 0.3 is 0 Å². The number of benzene rings is 2. The summed E-state index contributed by atoms with van der Waals surface area (Å²) in [7, 11) is 0. The van der Waals surface area contributed by atoms with Crippen LogP contribution in [0.4, 0.5) is 5.69 Å². The van der Waals surface area contributed by atoms with Gasteiger partial charge in [-0.3, -0.25) is 10.1 Å². The molecular weight excluding hydrogens is 346 g/mol. The zero-order valence-corrected chi connectivity index (χ0v) is 12.6. The van der Waals surface area contributed by atoms with E-state index in [9.17, 15) is 15.2 Å². The van der Waals surface area contributed by atoms with Crippen LogP contribution in [-0.2, 0) is 6.42 Å². The summed E-state index contributed by atoms with van der Waals surface area (Å²) >= 11 is 9.35. The molecule has 0 aliphatic rings. The molecule has 2 rings (SSSR count). The molecule has 0 fully saturated rings. The van der Waals surface area contributed by atoms with Crippen LogP contribution in [0.25, 0.3) is 0 Å². The van der Waals surface area contributed by atoms with Crippen molar-refractivity contribution in [1.82, 2.24) is 0 Å². The van der Waals surface area contributed by atoms with Crippen LogP contribution >= 0.6 is 27.5 Å². The number of aliphatic hydroxyl groups is 1. The fourth-order valence-corrected chi connectivity index (χ4v) is 2.57. The Morgan fingerprint density at radius 3 is 2.70 bits per heavy atom. The number of nitro groups is 1. The summed E-state index contributed by atoms with van der Waals surface area (Å²) in [6.07, 6.45) is -0.769. The molecule has 0 saturated heterocycles. The van der Waals surface area contributed by atoms with E-state index in [2.05, 4.69) is 15.9 Å². The Balaban J connectivity index is 2.30. The smallest absolute Gasteiger partial charge is 0.272 e. The largest absolute Gasteiger partial charge is 0.388 e. The first-order valence-corrected chi connectivity index (χ1v) is 7.01. The fraction of sp³-hybridized carbons (Fsp3) is 0.143. The predicted molar refractivity (Wildman–Crippen MR) is 80.9 cm³/mol. The van der Waals surface area contributed by atoms with Crippen molar-refractivity contribution in [3.63, 3.8) is 0 Å². The Labute approximate surface area is 129 Å². The van der Waals surface area contributed by atoms with E-state index in [1.54, 1.807) is 36.4 Å². The third-order valence-electron chi connectivity index (χ3n) is 2.92. The lowest BCUT2D eigenvalue weighted by molar-refractivity contribution is -0.385. The van der Waals surface area contributed by atoms with Crippen LogP contribution in [0.5, 0.6) is 0 Å². The van der Waals surface area contributed by atoms with Gasteiger partial charge in [0.2, 0.25) is 0 Å². The van der Waals surface area contributed by atoms with Crippen LogP contribution in [0, 0.1) is 10.1 Å². The minimum atomic E-state index is -0.902. The van der Waals surface area contributed by atoms with Crippen LogP contribution in [0.1, 0.15) is 17.2 Å². The average molecular weight is 357 g/mol. The molecule has 1 unspecified atom stereocenters. The summed E-state index contributed by atoms with van der Waals surface area (Å²) in [5.41, 5.74) is 1.01. The van der Waals surface area contributed by atoms with Gasteiger partial charge in [0.25, 0.3) is 5.69 Å². The van der Waals surface area contributed by atoms with Crippen LogP contribution in [0.15, 0.2) is 46.9 Å². The normalized spacial score (nSPS) is 12.2. The fourth-order valence-electron chi connectivity index (χ4n) is 1.95. The first kappa shape index (κ1) is 15.0. The average Bonchev–Trinajstić information content (AvgIpc) is 2.41. The molecule has 0 radical (unpaired) electrons. The zero-order chi connectivity index (χ0) is 14.7. The molecule has 4 nitrogen and oxygen atoms in total. The second-order valence-electron chi connectivity index (χ2n) is 4.27. The Hall–Kier alpha value is -1.43. The Bertz CT molecular complexity index is 648. The molecule has 2 aromatic carbocycles. The van der Waals surface area contributed by atoms with Crippen molar-refractivity contribution in [2.45, 2.75) is 12.5 Å². The SMILES string of the molecule is O=[N+]([O-])c1ccccc1CC(O)c1cc(Br)ccc1Cl. The molecule has 2 aromatic rings. The molecule has 20 heavy (non-hydrogen) atoms. The number of hydrogen-bond acceptors (Lipinski definition) is 3. The Kier molecular flexibility index (Phi) is 4.75. The van der Waals surface area contributed by atoms with Gasteiger partial charge in [0.15, 0.2) is 0 Å². The van der Waals surface area contributed by atoms with E-state index in [0.29, 0.717) is 16.1 Å². The summed E-state index contributed by atoms with van der Waals surface area (Å²) in [6.45, 7) is 0. The number of nitrogens with zero attached hydrogens (tertiary/aromatic N) is 1. The van der Waals surface area contributed by atoms with Gasteiger partial charge in [-0.05, 0) is 18.2 Å². The van der Waals surface area contributed by atoms with E-state index in [-0.39, 0.29) is 12.1 Å². The second kappa shape index (κ2) is 6.35. The molecule has 104 valence electrons. The van der Waals surface area contributed by atoms with E-state index >= 15 is 0 Å². The van der Waals surface area contributed by atoms with Gasteiger partial charge in [0.05, 0.1) is 11.0 Å². The third kappa shape index (κ3) is 3.36. The van der Waals surface area contributed by atoms with Gasteiger partial charge in [-0.25, -0.2) is 0 Å². The lowest BCUT2D eigenvalue weighted by Gasteiger charge is -2.13. The number of hydrogen-bond donors (Lipinski definition) is 1. The van der Waals surface area contributed by atoms with E-state index in [0.717, 1.165) is 4.47 Å². The van der Waals surface area contributed by atoms with E-state index in [1.165, 1.54) is 6.07 Å². The third-order valence-corrected chi connectivity index (χ3v) is 3.76. The summed E-state index contributed by atoms with van der Waals surface area (Å²) in [5.74, 6) is 0. The first-order valence-electron chi connectivity index (χ1n) is 5.84. The van der Waals surface area contributed by atoms with Crippen LogP contribution in [-0.4, -0.2) is 10.0 Å². The predicted octanol–water partition coefficient (Wildman–Crippen LogP) is 4.29. The van der Waals surface area contributed by atoms with Gasteiger partial charge in [-0.2, -0.15) is 0 Å². The van der Waals surface area contributed by atoms with Gasteiger partial charge in [-0.1, -0.05) is 45.7 Å². The van der Waals surface area contributed by atoms with Crippen LogP contribution in [0.3, 0.4) is 0 Å². The summed E-state index contributed by atoms with van der Waals surface area (Å²) in [6, 6.07) is 11.5. The first-order chi connectivity index (χ1) is 9.49. The molecular formula is C14H11BrClNO3. The van der Waals surface area contributed by atoms with Crippen molar-refractivity contribution in [3.8, 4) is 0 Å². The highest BCUT2D eigenvalue weighted by Gasteiger charge is 2.18. The van der Waals surface area contributed by atoms with Crippen molar-refractivity contribution in [3.05, 3.63) is 73.2 Å². The Morgan fingerprint density at radius 2 is 2.00 bits per heavy atom. The van der Waals surface area contributed by atoms with Gasteiger partial charge in [0.1, 0.15) is 0 Å². The van der Waals surface area contributed by atoms with Crippen molar-refractivity contribution >= 4 is 33.2 Å². The van der Waals surface area contributed by atoms with Crippen molar-refractivity contribution < 1.29 is 10.0 Å². The van der Waals surface area contributed by atoms with E-state index in [4.69, 9.17) is 11.6 Å². The molecule has 0 aromatic heterocycles. The number of aliphatic hydroxyl groups excluding tert-OH is 1. The highest BCUT2D eigenvalue weighted by molar-refractivity contribution is 9.10. The topological polar surface area (TPSA) is 63.4 Å². The maximum Gasteiger partial charge on any atom is 0.272 e. The Morgan fingerprint density at radius 1 is 1.30 bits per heavy atom. The number of nitro benzene ring substituents is 1. The lowest BCUT2D eigenvalue weighted by atomic mass is 10.0. The van der Waals surface area contributed by atoms with Gasteiger partial charge in [0, 0.05) is 33.1 Å². The monoisotopic (exact) mass is 355 g/mol. The molecule has 0 saturated carbocycles. The summed E-state index contributed by atoms with van der Waals surface area (Å²) in [4.78, 5) is 10.5. The minimum Gasteiger partial charge on any atom is -0.388 e. The van der Waals surface area contributed by atoms with Gasteiger partial charge < -0.3 is 5.11 Å². The zero-order valence-electron chi connectivity index (χ0n) is 10.3. The van der Waals surface area contributed by atoms with Crippen molar-refractivity contribution in [2.24, 2.45) is 0 Å². The second-order valence-corrected chi connectivity index (χ2v) is 5.59.